The SMILES string of the molecule is CCC1CCN(c2ccc([N+](=O)[O-])c(C(=O)O)c2)[C@H](C)C1. The van der Waals surface area contributed by atoms with Gasteiger partial charge in [0.25, 0.3) is 5.69 Å². The molecule has 1 aromatic rings. The normalized spacial score (nSPS) is 22.1. The van der Waals surface area contributed by atoms with Gasteiger partial charge in [0.15, 0.2) is 0 Å². The van der Waals surface area contributed by atoms with Gasteiger partial charge in [0.2, 0.25) is 0 Å². The second-order valence-electron chi connectivity index (χ2n) is 5.60. The number of nitrogens with zero attached hydrogens (tertiary/aromatic N) is 2. The Balaban J connectivity index is 2.31. The van der Waals surface area contributed by atoms with E-state index < -0.39 is 10.9 Å². The van der Waals surface area contributed by atoms with Gasteiger partial charge in [-0.1, -0.05) is 13.3 Å². The van der Waals surface area contributed by atoms with Crippen LogP contribution in [-0.4, -0.2) is 28.6 Å². The highest BCUT2D eigenvalue weighted by atomic mass is 16.6. The zero-order valence-electron chi connectivity index (χ0n) is 12.3. The number of carbonyl (C=O) groups is 1. The van der Waals surface area contributed by atoms with E-state index in [9.17, 15) is 14.9 Å². The maximum Gasteiger partial charge on any atom is 0.342 e. The summed E-state index contributed by atoms with van der Waals surface area (Å²) in [6.07, 6.45) is 3.29. The summed E-state index contributed by atoms with van der Waals surface area (Å²) < 4.78 is 0. The highest BCUT2D eigenvalue weighted by Crippen LogP contribution is 2.32. The maximum atomic E-state index is 11.2. The highest BCUT2D eigenvalue weighted by Gasteiger charge is 2.27. The molecule has 1 heterocycles. The fraction of sp³-hybridized carbons (Fsp3) is 0.533. The molecular formula is C15H20N2O4. The lowest BCUT2D eigenvalue weighted by Gasteiger charge is -2.39. The first-order valence-electron chi connectivity index (χ1n) is 7.22. The lowest BCUT2D eigenvalue weighted by Crippen LogP contribution is -2.40. The Morgan fingerprint density at radius 2 is 2.24 bits per heavy atom. The van der Waals surface area contributed by atoms with Crippen molar-refractivity contribution in [2.24, 2.45) is 5.92 Å². The zero-order valence-corrected chi connectivity index (χ0v) is 12.3. The van der Waals surface area contributed by atoms with E-state index in [1.54, 1.807) is 6.07 Å². The van der Waals surface area contributed by atoms with Crippen molar-refractivity contribution >= 4 is 17.3 Å². The molecule has 1 aliphatic rings. The minimum atomic E-state index is -1.26. The fourth-order valence-corrected chi connectivity index (χ4v) is 3.06. The molecule has 1 saturated heterocycles. The largest absolute Gasteiger partial charge is 0.477 e. The topological polar surface area (TPSA) is 83.7 Å². The number of rotatable bonds is 4. The molecule has 114 valence electrons. The van der Waals surface area contributed by atoms with Gasteiger partial charge in [-0.05, 0) is 37.8 Å². The van der Waals surface area contributed by atoms with Gasteiger partial charge in [0.1, 0.15) is 5.56 Å². The van der Waals surface area contributed by atoms with Crippen LogP contribution in [0.1, 0.15) is 43.5 Å². The number of piperidine rings is 1. The minimum absolute atomic E-state index is 0.248. The summed E-state index contributed by atoms with van der Waals surface area (Å²) in [5.74, 6) is -0.562. The van der Waals surface area contributed by atoms with E-state index in [0.29, 0.717) is 12.0 Å². The smallest absolute Gasteiger partial charge is 0.342 e. The van der Waals surface area contributed by atoms with Crippen molar-refractivity contribution in [3.05, 3.63) is 33.9 Å². The Labute approximate surface area is 123 Å². The predicted octanol–water partition coefficient (Wildman–Crippen LogP) is 3.31. The van der Waals surface area contributed by atoms with Crippen molar-refractivity contribution in [3.8, 4) is 0 Å². The second-order valence-corrected chi connectivity index (χ2v) is 5.60. The number of nitro benzene ring substituents is 1. The van der Waals surface area contributed by atoms with E-state index in [0.717, 1.165) is 31.5 Å². The van der Waals surface area contributed by atoms with Gasteiger partial charge in [0, 0.05) is 24.3 Å². The van der Waals surface area contributed by atoms with E-state index in [1.165, 1.54) is 12.1 Å². The molecule has 2 rings (SSSR count). The molecule has 21 heavy (non-hydrogen) atoms. The quantitative estimate of drug-likeness (QED) is 0.680. The number of benzene rings is 1. The number of hydrogen-bond acceptors (Lipinski definition) is 4. The first kappa shape index (κ1) is 15.3. The first-order chi connectivity index (χ1) is 9.93. The third kappa shape index (κ3) is 3.15. The summed E-state index contributed by atoms with van der Waals surface area (Å²) >= 11 is 0. The van der Waals surface area contributed by atoms with E-state index in [4.69, 9.17) is 5.11 Å². The summed E-state index contributed by atoms with van der Waals surface area (Å²) in [6.45, 7) is 5.15. The Hall–Kier alpha value is -2.11. The average molecular weight is 292 g/mol. The number of hydrogen-bond donors (Lipinski definition) is 1. The molecule has 6 nitrogen and oxygen atoms in total. The Morgan fingerprint density at radius 3 is 2.76 bits per heavy atom. The maximum absolute atomic E-state index is 11.2. The molecule has 1 aromatic carbocycles. The number of anilines is 1. The number of nitro groups is 1. The van der Waals surface area contributed by atoms with Crippen LogP contribution >= 0.6 is 0 Å². The zero-order chi connectivity index (χ0) is 15.6. The third-order valence-electron chi connectivity index (χ3n) is 4.30. The minimum Gasteiger partial charge on any atom is -0.477 e. The lowest BCUT2D eigenvalue weighted by atomic mass is 9.89. The molecule has 0 bridgehead atoms. The standard InChI is InChI=1S/C15H20N2O4/c1-3-11-6-7-16(10(2)8-11)12-4-5-14(17(20)21)13(9-12)15(18)19/h4-5,9-11H,3,6-8H2,1-2H3,(H,18,19)/t10-,11?/m1/s1. The highest BCUT2D eigenvalue weighted by molar-refractivity contribution is 5.93. The molecule has 6 heteroatoms. The van der Waals surface area contributed by atoms with Crippen molar-refractivity contribution < 1.29 is 14.8 Å². The van der Waals surface area contributed by atoms with Gasteiger partial charge in [-0.3, -0.25) is 10.1 Å². The molecule has 1 fully saturated rings. The van der Waals surface area contributed by atoms with Gasteiger partial charge in [-0.25, -0.2) is 4.79 Å². The van der Waals surface area contributed by atoms with Crippen LogP contribution < -0.4 is 4.90 Å². The Bertz CT molecular complexity index is 559. The summed E-state index contributed by atoms with van der Waals surface area (Å²) in [4.78, 5) is 23.6. The number of aromatic carboxylic acids is 1. The van der Waals surface area contributed by atoms with Crippen molar-refractivity contribution in [1.82, 2.24) is 0 Å². The fourth-order valence-electron chi connectivity index (χ4n) is 3.06. The van der Waals surface area contributed by atoms with Crippen molar-refractivity contribution in [2.75, 3.05) is 11.4 Å². The van der Waals surface area contributed by atoms with Gasteiger partial charge < -0.3 is 10.0 Å². The van der Waals surface area contributed by atoms with Gasteiger partial charge >= 0.3 is 5.97 Å². The van der Waals surface area contributed by atoms with Crippen LogP contribution in [0.25, 0.3) is 0 Å². The van der Waals surface area contributed by atoms with E-state index >= 15 is 0 Å². The van der Waals surface area contributed by atoms with Crippen LogP contribution in [0.5, 0.6) is 0 Å². The van der Waals surface area contributed by atoms with E-state index in [-0.39, 0.29) is 11.3 Å². The van der Waals surface area contributed by atoms with Crippen LogP contribution in [0.3, 0.4) is 0 Å². The first-order valence-corrected chi connectivity index (χ1v) is 7.22. The van der Waals surface area contributed by atoms with Crippen molar-refractivity contribution in [1.29, 1.82) is 0 Å². The molecule has 0 aliphatic carbocycles. The van der Waals surface area contributed by atoms with Crippen LogP contribution in [0.4, 0.5) is 11.4 Å². The summed E-state index contributed by atoms with van der Waals surface area (Å²) in [6, 6.07) is 4.67. The second kappa shape index (κ2) is 6.11. The lowest BCUT2D eigenvalue weighted by molar-refractivity contribution is -0.385. The number of carboxylic acid groups (broad SMARTS) is 1. The van der Waals surface area contributed by atoms with Crippen molar-refractivity contribution in [2.45, 2.75) is 39.2 Å². The average Bonchev–Trinajstić information content (AvgIpc) is 2.46. The third-order valence-corrected chi connectivity index (χ3v) is 4.30. The van der Waals surface area contributed by atoms with Gasteiger partial charge in [-0.2, -0.15) is 0 Å². The summed E-state index contributed by atoms with van der Waals surface area (Å²) in [5.41, 5.74) is 0.143. The van der Waals surface area contributed by atoms with E-state index in [2.05, 4.69) is 18.7 Å². The molecule has 0 amide bonds. The molecule has 2 atom stereocenters. The molecule has 1 unspecified atom stereocenters. The van der Waals surface area contributed by atoms with Crippen molar-refractivity contribution in [3.63, 3.8) is 0 Å². The summed E-state index contributed by atoms with van der Waals surface area (Å²) in [5, 5.41) is 20.0. The molecule has 1 aliphatic heterocycles. The Kier molecular flexibility index (Phi) is 4.45. The molecule has 0 saturated carbocycles. The van der Waals surface area contributed by atoms with Crippen LogP contribution in [0, 0.1) is 16.0 Å². The van der Waals surface area contributed by atoms with E-state index in [1.807, 2.05) is 0 Å². The molecule has 0 spiro atoms. The molecule has 0 aromatic heterocycles. The van der Waals surface area contributed by atoms with Gasteiger partial charge in [-0.15, -0.1) is 0 Å². The van der Waals surface area contributed by atoms with Crippen LogP contribution in [-0.2, 0) is 0 Å². The van der Waals surface area contributed by atoms with Gasteiger partial charge in [0.05, 0.1) is 4.92 Å². The molecule has 0 radical (unpaired) electrons. The van der Waals surface area contributed by atoms with Crippen LogP contribution in [0.15, 0.2) is 18.2 Å². The molecular weight excluding hydrogens is 272 g/mol. The number of carboxylic acids is 1. The predicted molar refractivity (Wildman–Crippen MR) is 79.9 cm³/mol. The summed E-state index contributed by atoms with van der Waals surface area (Å²) in [7, 11) is 0. The van der Waals surface area contributed by atoms with Crippen LogP contribution in [0.2, 0.25) is 0 Å². The molecule has 1 N–H and O–H groups in total. The monoisotopic (exact) mass is 292 g/mol. The Morgan fingerprint density at radius 1 is 1.52 bits per heavy atom.